The number of hydrogen-bond acceptors (Lipinski definition) is 4. The van der Waals surface area contributed by atoms with E-state index in [-0.39, 0.29) is 11.9 Å². The molecule has 124 valence electrons. The third-order valence-electron chi connectivity index (χ3n) is 4.68. The molecule has 1 saturated carbocycles. The zero-order valence-electron chi connectivity index (χ0n) is 14.0. The van der Waals surface area contributed by atoms with E-state index in [0.29, 0.717) is 17.3 Å². The second kappa shape index (κ2) is 5.85. The van der Waals surface area contributed by atoms with Gasteiger partial charge in [-0.25, -0.2) is 4.98 Å². The van der Waals surface area contributed by atoms with Crippen molar-refractivity contribution in [1.29, 1.82) is 0 Å². The van der Waals surface area contributed by atoms with Gasteiger partial charge in [0.1, 0.15) is 0 Å². The number of rotatable bonds is 3. The number of aromatic nitrogens is 4. The predicted molar refractivity (Wildman–Crippen MR) is 92.9 cm³/mol. The Bertz CT molecular complexity index is 908. The molecule has 3 aromatic rings. The molecule has 0 aliphatic heterocycles. The number of nitrogens with zero attached hydrogens (tertiary/aromatic N) is 4. The molecule has 1 aromatic carbocycles. The van der Waals surface area contributed by atoms with Gasteiger partial charge in [-0.15, -0.1) is 10.2 Å². The maximum Gasteiger partial charge on any atom is 0.251 e. The van der Waals surface area contributed by atoms with Gasteiger partial charge in [-0.2, -0.15) is 0 Å². The summed E-state index contributed by atoms with van der Waals surface area (Å²) in [7, 11) is 0. The summed E-state index contributed by atoms with van der Waals surface area (Å²) in [5.74, 6) is -0.0659. The minimum Gasteiger partial charge on any atom is -0.350 e. The molecule has 0 unspecified atom stereocenters. The summed E-state index contributed by atoms with van der Waals surface area (Å²) >= 11 is 0. The zero-order valence-corrected chi connectivity index (χ0v) is 14.0. The first kappa shape index (κ1) is 15.1. The normalized spacial score (nSPS) is 15.6. The molecule has 1 fully saturated rings. The molecule has 1 amide bonds. The number of amides is 1. The Morgan fingerprint density at radius 1 is 1.25 bits per heavy atom. The average molecular weight is 323 g/mol. The van der Waals surface area contributed by atoms with Crippen LogP contribution in [0.2, 0.25) is 0 Å². The smallest absolute Gasteiger partial charge is 0.251 e. The number of benzene rings is 1. The summed E-state index contributed by atoms with van der Waals surface area (Å²) in [5, 5.41) is 12.4. The van der Waals surface area contributed by atoms with E-state index in [4.69, 9.17) is 0 Å². The Kier molecular flexibility index (Phi) is 3.67. The van der Waals surface area contributed by atoms with Crippen LogP contribution in [0.4, 0.5) is 0 Å². The fourth-order valence-corrected chi connectivity index (χ4v) is 3.54. The van der Waals surface area contributed by atoms with Crippen molar-refractivity contribution in [2.45, 2.75) is 51.6 Å². The quantitative estimate of drug-likeness (QED) is 0.803. The van der Waals surface area contributed by atoms with Crippen molar-refractivity contribution < 1.29 is 4.79 Å². The van der Waals surface area contributed by atoms with Crippen LogP contribution in [0.25, 0.3) is 22.1 Å². The van der Waals surface area contributed by atoms with Crippen molar-refractivity contribution in [2.24, 2.45) is 0 Å². The van der Waals surface area contributed by atoms with Crippen LogP contribution in [-0.4, -0.2) is 31.7 Å². The molecule has 6 nitrogen and oxygen atoms in total. The highest BCUT2D eigenvalue weighted by Crippen LogP contribution is 2.33. The second-order valence-electron chi connectivity index (χ2n) is 6.82. The summed E-state index contributed by atoms with van der Waals surface area (Å²) in [6.07, 6.45) is 6.72. The maximum absolute atomic E-state index is 12.3. The number of imidazole rings is 1. The molecule has 2 aromatic heterocycles. The summed E-state index contributed by atoms with van der Waals surface area (Å²) in [4.78, 5) is 16.8. The van der Waals surface area contributed by atoms with Crippen LogP contribution in [0.1, 0.15) is 55.9 Å². The Balaban J connectivity index is 1.88. The predicted octanol–water partition coefficient (Wildman–Crippen LogP) is 3.23. The van der Waals surface area contributed by atoms with E-state index in [1.807, 2.05) is 32.3 Å². The number of carbonyl (C=O) groups is 1. The lowest BCUT2D eigenvalue weighted by molar-refractivity contribution is 0.0943. The van der Waals surface area contributed by atoms with Crippen molar-refractivity contribution in [3.63, 3.8) is 0 Å². The molecule has 0 bridgehead atoms. The molecular weight excluding hydrogens is 302 g/mol. The second-order valence-corrected chi connectivity index (χ2v) is 6.82. The van der Waals surface area contributed by atoms with Gasteiger partial charge in [-0.3, -0.25) is 4.79 Å². The van der Waals surface area contributed by atoms with Crippen LogP contribution < -0.4 is 5.32 Å². The summed E-state index contributed by atoms with van der Waals surface area (Å²) in [5.41, 5.74) is 3.08. The molecule has 24 heavy (non-hydrogen) atoms. The summed E-state index contributed by atoms with van der Waals surface area (Å²) in [6, 6.07) is 6.15. The third-order valence-corrected chi connectivity index (χ3v) is 4.68. The SMILES string of the molecule is CC(C)NC(=O)c1ccc2nnc3ncn(C4CCCC4)c3c2c1. The molecule has 2 heterocycles. The van der Waals surface area contributed by atoms with Crippen LogP contribution in [-0.2, 0) is 0 Å². The molecule has 0 atom stereocenters. The lowest BCUT2D eigenvalue weighted by Gasteiger charge is -2.13. The Morgan fingerprint density at radius 2 is 2.04 bits per heavy atom. The summed E-state index contributed by atoms with van der Waals surface area (Å²) in [6.45, 7) is 3.91. The van der Waals surface area contributed by atoms with E-state index in [0.717, 1.165) is 16.4 Å². The largest absolute Gasteiger partial charge is 0.350 e. The van der Waals surface area contributed by atoms with Crippen molar-refractivity contribution in [1.82, 2.24) is 25.1 Å². The first-order chi connectivity index (χ1) is 11.6. The van der Waals surface area contributed by atoms with Gasteiger partial charge in [-0.05, 0) is 44.9 Å². The van der Waals surface area contributed by atoms with Gasteiger partial charge >= 0.3 is 0 Å². The first-order valence-corrected chi connectivity index (χ1v) is 8.57. The number of hydrogen-bond donors (Lipinski definition) is 1. The zero-order chi connectivity index (χ0) is 16.7. The van der Waals surface area contributed by atoms with Crippen LogP contribution in [0.15, 0.2) is 24.5 Å². The molecule has 1 N–H and O–H groups in total. The fourth-order valence-electron chi connectivity index (χ4n) is 3.54. The van der Waals surface area contributed by atoms with E-state index >= 15 is 0 Å². The number of fused-ring (bicyclic) bond motifs is 3. The van der Waals surface area contributed by atoms with Gasteiger partial charge in [-0.1, -0.05) is 12.8 Å². The number of nitrogens with one attached hydrogen (secondary N) is 1. The average Bonchev–Trinajstić information content (AvgIpc) is 3.22. The van der Waals surface area contributed by atoms with Crippen molar-refractivity contribution >= 4 is 28.0 Å². The van der Waals surface area contributed by atoms with Gasteiger partial charge < -0.3 is 9.88 Å². The van der Waals surface area contributed by atoms with Crippen LogP contribution in [0.5, 0.6) is 0 Å². The van der Waals surface area contributed by atoms with Gasteiger partial charge in [0.15, 0.2) is 0 Å². The van der Waals surface area contributed by atoms with Crippen molar-refractivity contribution in [3.05, 3.63) is 30.1 Å². The van der Waals surface area contributed by atoms with E-state index in [1.165, 1.54) is 25.7 Å². The lowest BCUT2D eigenvalue weighted by atomic mass is 10.1. The minimum absolute atomic E-state index is 0.0659. The molecule has 1 aliphatic carbocycles. The summed E-state index contributed by atoms with van der Waals surface area (Å²) < 4.78 is 2.23. The van der Waals surface area contributed by atoms with Gasteiger partial charge in [0.25, 0.3) is 5.91 Å². The fraction of sp³-hybridized carbons (Fsp3) is 0.444. The third kappa shape index (κ3) is 2.52. The highest BCUT2D eigenvalue weighted by atomic mass is 16.1. The van der Waals surface area contributed by atoms with Crippen molar-refractivity contribution in [2.75, 3.05) is 0 Å². The monoisotopic (exact) mass is 323 g/mol. The van der Waals surface area contributed by atoms with Crippen LogP contribution in [0.3, 0.4) is 0 Å². The molecule has 0 saturated heterocycles. The molecule has 6 heteroatoms. The Hall–Kier alpha value is -2.50. The van der Waals surface area contributed by atoms with E-state index in [1.54, 1.807) is 6.07 Å². The first-order valence-electron chi connectivity index (χ1n) is 8.57. The highest BCUT2D eigenvalue weighted by molar-refractivity contribution is 6.05. The molecule has 0 spiro atoms. The number of carbonyl (C=O) groups excluding carboxylic acids is 1. The Morgan fingerprint density at radius 3 is 2.79 bits per heavy atom. The molecule has 0 radical (unpaired) electrons. The lowest BCUT2D eigenvalue weighted by Crippen LogP contribution is -2.30. The minimum atomic E-state index is -0.0659. The molecule has 1 aliphatic rings. The highest BCUT2D eigenvalue weighted by Gasteiger charge is 2.21. The van der Waals surface area contributed by atoms with Crippen LogP contribution >= 0.6 is 0 Å². The van der Waals surface area contributed by atoms with Gasteiger partial charge in [0.05, 0.1) is 17.4 Å². The molecule has 4 rings (SSSR count). The van der Waals surface area contributed by atoms with E-state index in [2.05, 4.69) is 25.1 Å². The standard InChI is InChI=1S/C18H21N5O/c1-11(2)20-18(24)12-7-8-15-14(9-12)16-17(22-21-15)19-10-23(16)13-5-3-4-6-13/h7-11,13H,3-6H2,1-2H3,(H,20,24). The topological polar surface area (TPSA) is 72.7 Å². The molecular formula is C18H21N5O. The van der Waals surface area contributed by atoms with E-state index in [9.17, 15) is 4.79 Å². The van der Waals surface area contributed by atoms with E-state index < -0.39 is 0 Å². The van der Waals surface area contributed by atoms with Gasteiger partial charge in [0, 0.05) is 23.0 Å². The Labute approximate surface area is 140 Å². The van der Waals surface area contributed by atoms with Crippen LogP contribution in [0, 0.1) is 0 Å². The van der Waals surface area contributed by atoms with Crippen molar-refractivity contribution in [3.8, 4) is 0 Å². The maximum atomic E-state index is 12.3. The van der Waals surface area contributed by atoms with Gasteiger partial charge in [0.2, 0.25) is 5.65 Å².